The van der Waals surface area contributed by atoms with E-state index >= 15 is 0 Å². The van der Waals surface area contributed by atoms with Crippen LogP contribution in [0.5, 0.6) is 0 Å². The van der Waals surface area contributed by atoms with Gasteiger partial charge in [0, 0.05) is 65.4 Å². The van der Waals surface area contributed by atoms with Gasteiger partial charge in [-0.15, -0.1) is 0 Å². The lowest BCUT2D eigenvalue weighted by molar-refractivity contribution is 0.0334. The Morgan fingerprint density at radius 2 is 0.900 bits per heavy atom. The van der Waals surface area contributed by atoms with E-state index in [0.717, 1.165) is 78.7 Å². The summed E-state index contributed by atoms with van der Waals surface area (Å²) in [5.74, 6) is 0. The van der Waals surface area contributed by atoms with Gasteiger partial charge in [0.05, 0.1) is 26.4 Å². The highest BCUT2D eigenvalue weighted by atomic mass is 16.5. The van der Waals surface area contributed by atoms with Crippen LogP contribution in [0, 0.1) is 0 Å². The minimum Gasteiger partial charge on any atom is -0.378 e. The Labute approximate surface area is 122 Å². The van der Waals surface area contributed by atoms with Gasteiger partial charge in [-0.05, 0) is 0 Å². The van der Waals surface area contributed by atoms with E-state index < -0.39 is 0 Å². The van der Waals surface area contributed by atoms with Crippen molar-refractivity contribution in [2.45, 2.75) is 0 Å². The fourth-order valence-corrected chi connectivity index (χ4v) is 2.58. The van der Waals surface area contributed by atoms with Crippen molar-refractivity contribution in [3.8, 4) is 0 Å². The zero-order valence-electron chi connectivity index (χ0n) is 12.6. The highest BCUT2D eigenvalue weighted by Crippen LogP contribution is 1.93. The second kappa shape index (κ2) is 10.5. The van der Waals surface area contributed by atoms with Gasteiger partial charge in [-0.1, -0.05) is 0 Å². The van der Waals surface area contributed by atoms with Crippen molar-refractivity contribution < 1.29 is 9.47 Å². The van der Waals surface area contributed by atoms with Crippen LogP contribution >= 0.6 is 0 Å². The molecule has 6 heteroatoms. The molecule has 0 aliphatic carbocycles. The summed E-state index contributed by atoms with van der Waals surface area (Å²) in [6, 6.07) is 0. The highest BCUT2D eigenvalue weighted by molar-refractivity contribution is 4.67. The first-order chi connectivity index (χ1) is 9.95. The molecule has 3 rings (SSSR count). The van der Waals surface area contributed by atoms with Crippen molar-refractivity contribution in [3.63, 3.8) is 0 Å². The molecule has 118 valence electrons. The molecule has 2 bridgehead atoms. The van der Waals surface area contributed by atoms with Gasteiger partial charge < -0.3 is 20.1 Å². The van der Waals surface area contributed by atoms with Gasteiger partial charge in [0.1, 0.15) is 0 Å². The van der Waals surface area contributed by atoms with Crippen LogP contribution in [-0.4, -0.2) is 102 Å². The minimum absolute atomic E-state index is 0.713. The summed E-state index contributed by atoms with van der Waals surface area (Å²) in [6.45, 7) is 13.7. The molecule has 0 aromatic rings. The average molecular weight is 286 g/mol. The van der Waals surface area contributed by atoms with Crippen LogP contribution in [0.2, 0.25) is 0 Å². The first-order valence-corrected chi connectivity index (χ1v) is 7.97. The third-order valence-corrected chi connectivity index (χ3v) is 3.89. The van der Waals surface area contributed by atoms with Gasteiger partial charge in [0.15, 0.2) is 0 Å². The fourth-order valence-electron chi connectivity index (χ4n) is 2.58. The molecule has 0 spiro atoms. The quantitative estimate of drug-likeness (QED) is 0.585. The van der Waals surface area contributed by atoms with Crippen LogP contribution in [-0.2, 0) is 9.47 Å². The van der Waals surface area contributed by atoms with E-state index in [0.29, 0.717) is 13.2 Å². The monoisotopic (exact) mass is 286 g/mol. The van der Waals surface area contributed by atoms with Crippen molar-refractivity contribution in [2.75, 3.05) is 91.9 Å². The molecule has 0 aromatic heterocycles. The van der Waals surface area contributed by atoms with Crippen molar-refractivity contribution >= 4 is 0 Å². The van der Waals surface area contributed by atoms with E-state index in [9.17, 15) is 0 Å². The van der Waals surface area contributed by atoms with Gasteiger partial charge in [-0.25, -0.2) is 0 Å². The molecule has 6 nitrogen and oxygen atoms in total. The molecule has 0 saturated carbocycles. The molecule has 3 heterocycles. The SMILES string of the molecule is C1CN2CCNCCN(CCN1)CCOCCOCC2. The smallest absolute Gasteiger partial charge is 0.0701 e. The summed E-state index contributed by atoms with van der Waals surface area (Å²) in [5, 5.41) is 7.09. The second-order valence-corrected chi connectivity index (χ2v) is 5.41. The van der Waals surface area contributed by atoms with Crippen LogP contribution in [0.25, 0.3) is 0 Å². The topological polar surface area (TPSA) is 49.0 Å². The lowest BCUT2D eigenvalue weighted by Crippen LogP contribution is -2.44. The predicted molar refractivity (Wildman–Crippen MR) is 80.3 cm³/mol. The second-order valence-electron chi connectivity index (χ2n) is 5.41. The molecule has 0 atom stereocenters. The maximum absolute atomic E-state index is 5.64. The van der Waals surface area contributed by atoms with Gasteiger partial charge in [0.25, 0.3) is 0 Å². The number of nitrogens with zero attached hydrogens (tertiary/aromatic N) is 2. The first-order valence-electron chi connectivity index (χ1n) is 7.97. The maximum Gasteiger partial charge on any atom is 0.0701 e. The average Bonchev–Trinajstić information content (AvgIpc) is 2.46. The van der Waals surface area contributed by atoms with Gasteiger partial charge in [0.2, 0.25) is 0 Å². The molecule has 0 unspecified atom stereocenters. The zero-order chi connectivity index (χ0) is 13.9. The molecule has 0 aromatic carbocycles. The lowest BCUT2D eigenvalue weighted by Gasteiger charge is -2.26. The molecular formula is C14H30N4O2. The summed E-state index contributed by atoms with van der Waals surface area (Å²) in [7, 11) is 0. The van der Waals surface area contributed by atoms with E-state index in [2.05, 4.69) is 20.4 Å². The highest BCUT2D eigenvalue weighted by Gasteiger charge is 2.09. The molecule has 0 radical (unpaired) electrons. The Bertz CT molecular complexity index is 202. The standard InChI is InChI=1S/C14H30N4O2/c1-5-17-7-3-16-4-8-18(6-2-15-1)10-12-20-14-13-19-11-9-17/h15-16H,1-14H2. The first kappa shape index (κ1) is 16.1. The third kappa shape index (κ3) is 6.97. The Kier molecular flexibility index (Phi) is 8.46. The Morgan fingerprint density at radius 3 is 1.30 bits per heavy atom. The van der Waals surface area contributed by atoms with Crippen LogP contribution < -0.4 is 10.6 Å². The summed E-state index contributed by atoms with van der Waals surface area (Å²) in [4.78, 5) is 4.94. The summed E-state index contributed by atoms with van der Waals surface area (Å²) < 4.78 is 11.3. The molecule has 20 heavy (non-hydrogen) atoms. The Hall–Kier alpha value is -0.240. The van der Waals surface area contributed by atoms with E-state index in [4.69, 9.17) is 9.47 Å². The summed E-state index contributed by atoms with van der Waals surface area (Å²) in [5.41, 5.74) is 0. The molecule has 3 aliphatic rings. The largest absolute Gasteiger partial charge is 0.378 e. The Balaban J connectivity index is 1.88. The number of nitrogens with one attached hydrogen (secondary N) is 2. The molecule has 2 N–H and O–H groups in total. The van der Waals surface area contributed by atoms with Crippen LogP contribution in [0.15, 0.2) is 0 Å². The van der Waals surface area contributed by atoms with Gasteiger partial charge in [-0.3, -0.25) is 9.80 Å². The fraction of sp³-hybridized carbons (Fsp3) is 1.00. The molecule has 3 fully saturated rings. The molecule has 3 saturated heterocycles. The maximum atomic E-state index is 5.64. The van der Waals surface area contributed by atoms with E-state index in [-0.39, 0.29) is 0 Å². The number of hydrogen-bond donors (Lipinski definition) is 2. The summed E-state index contributed by atoms with van der Waals surface area (Å²) in [6.07, 6.45) is 0. The molecule has 0 amide bonds. The lowest BCUT2D eigenvalue weighted by atomic mass is 10.4. The van der Waals surface area contributed by atoms with Gasteiger partial charge >= 0.3 is 0 Å². The molecular weight excluding hydrogens is 256 g/mol. The van der Waals surface area contributed by atoms with Crippen molar-refractivity contribution in [2.24, 2.45) is 0 Å². The third-order valence-electron chi connectivity index (χ3n) is 3.89. The van der Waals surface area contributed by atoms with E-state index in [1.807, 2.05) is 0 Å². The summed E-state index contributed by atoms with van der Waals surface area (Å²) >= 11 is 0. The van der Waals surface area contributed by atoms with Crippen molar-refractivity contribution in [1.29, 1.82) is 0 Å². The van der Waals surface area contributed by atoms with Gasteiger partial charge in [-0.2, -0.15) is 0 Å². The number of fused-ring (bicyclic) bond motifs is 15. The number of hydrogen-bond acceptors (Lipinski definition) is 6. The zero-order valence-corrected chi connectivity index (χ0v) is 12.6. The number of rotatable bonds is 0. The number of ether oxygens (including phenoxy) is 2. The van der Waals surface area contributed by atoms with E-state index in [1.165, 1.54) is 0 Å². The van der Waals surface area contributed by atoms with Crippen LogP contribution in [0.1, 0.15) is 0 Å². The normalized spacial score (nSPS) is 32.4. The minimum atomic E-state index is 0.713. The van der Waals surface area contributed by atoms with E-state index in [1.54, 1.807) is 0 Å². The van der Waals surface area contributed by atoms with Crippen molar-refractivity contribution in [3.05, 3.63) is 0 Å². The van der Waals surface area contributed by atoms with Crippen molar-refractivity contribution in [1.82, 2.24) is 20.4 Å². The van der Waals surface area contributed by atoms with Crippen LogP contribution in [0.4, 0.5) is 0 Å². The molecule has 3 aliphatic heterocycles. The predicted octanol–water partition coefficient (Wildman–Crippen LogP) is -1.17. The Morgan fingerprint density at radius 1 is 0.500 bits per heavy atom. The van der Waals surface area contributed by atoms with Crippen LogP contribution in [0.3, 0.4) is 0 Å².